The van der Waals surface area contributed by atoms with Gasteiger partial charge in [-0.3, -0.25) is 5.43 Å². The molecule has 1 aromatic rings. The monoisotopic (exact) mass is 227 g/mol. The van der Waals surface area contributed by atoms with Gasteiger partial charge in [0.1, 0.15) is 0 Å². The lowest BCUT2D eigenvalue weighted by Crippen LogP contribution is -2.23. The predicted molar refractivity (Wildman–Crippen MR) is 57.0 cm³/mol. The Morgan fingerprint density at radius 2 is 2.38 bits per heavy atom. The Hall–Kier alpha value is -1.47. The number of anilines is 2. The fourth-order valence-electron chi connectivity index (χ4n) is 1.41. The number of halogens is 1. The van der Waals surface area contributed by atoms with Gasteiger partial charge in [0, 0.05) is 6.54 Å². The molecule has 7 heteroatoms. The summed E-state index contributed by atoms with van der Waals surface area (Å²) >= 11 is 0. The lowest BCUT2D eigenvalue weighted by molar-refractivity contribution is 0.164. The van der Waals surface area contributed by atoms with Crippen molar-refractivity contribution in [2.45, 2.75) is 18.9 Å². The minimum atomic E-state index is -0.568. The Labute approximate surface area is 92.1 Å². The largest absolute Gasteiger partial charge is 0.391 e. The first-order chi connectivity index (χ1) is 7.70. The maximum Gasteiger partial charge on any atom is 0.239 e. The topological polar surface area (TPSA) is 96.1 Å². The number of nitrogens with zero attached hydrogens (tertiary/aromatic N) is 2. The highest BCUT2D eigenvalue weighted by Gasteiger charge is 2.29. The van der Waals surface area contributed by atoms with Crippen LogP contribution >= 0.6 is 0 Å². The van der Waals surface area contributed by atoms with Crippen LogP contribution in [0.25, 0.3) is 0 Å². The molecule has 0 saturated heterocycles. The van der Waals surface area contributed by atoms with Crippen molar-refractivity contribution in [1.82, 2.24) is 9.97 Å². The summed E-state index contributed by atoms with van der Waals surface area (Å²) in [4.78, 5) is 7.41. The van der Waals surface area contributed by atoms with E-state index >= 15 is 0 Å². The molecule has 0 bridgehead atoms. The molecule has 1 unspecified atom stereocenters. The van der Waals surface area contributed by atoms with Crippen LogP contribution in [0.1, 0.15) is 12.8 Å². The lowest BCUT2D eigenvalue weighted by atomic mass is 10.2. The van der Waals surface area contributed by atoms with Crippen LogP contribution in [0.5, 0.6) is 0 Å². The first kappa shape index (κ1) is 11.0. The highest BCUT2D eigenvalue weighted by atomic mass is 19.1. The normalized spacial score (nSPS) is 16.9. The van der Waals surface area contributed by atoms with Crippen LogP contribution in [0.3, 0.4) is 0 Å². The van der Waals surface area contributed by atoms with Crippen molar-refractivity contribution >= 4 is 11.8 Å². The van der Waals surface area contributed by atoms with Crippen molar-refractivity contribution in [2.24, 2.45) is 11.8 Å². The van der Waals surface area contributed by atoms with Gasteiger partial charge in [-0.25, -0.2) is 15.2 Å². The number of hydrogen-bond donors (Lipinski definition) is 4. The first-order valence-corrected chi connectivity index (χ1v) is 5.12. The summed E-state index contributed by atoms with van der Waals surface area (Å²) in [6.45, 7) is 0.280. The minimum Gasteiger partial charge on any atom is -0.391 e. The zero-order valence-corrected chi connectivity index (χ0v) is 8.65. The van der Waals surface area contributed by atoms with Gasteiger partial charge < -0.3 is 10.4 Å². The van der Waals surface area contributed by atoms with Gasteiger partial charge in [0.15, 0.2) is 11.6 Å². The van der Waals surface area contributed by atoms with Crippen LogP contribution in [0.15, 0.2) is 6.20 Å². The molecule has 1 atom stereocenters. The lowest BCUT2D eigenvalue weighted by Gasteiger charge is -2.11. The molecule has 0 radical (unpaired) electrons. The molecule has 6 nitrogen and oxygen atoms in total. The van der Waals surface area contributed by atoms with Crippen molar-refractivity contribution in [1.29, 1.82) is 0 Å². The van der Waals surface area contributed by atoms with E-state index in [1.54, 1.807) is 0 Å². The SMILES string of the molecule is NNc1ncc(F)c(NCC(O)C2CC2)n1. The van der Waals surface area contributed by atoms with E-state index in [-0.39, 0.29) is 18.3 Å². The van der Waals surface area contributed by atoms with Crippen molar-refractivity contribution in [3.63, 3.8) is 0 Å². The van der Waals surface area contributed by atoms with Gasteiger partial charge >= 0.3 is 0 Å². The van der Waals surface area contributed by atoms with Crippen molar-refractivity contribution < 1.29 is 9.50 Å². The first-order valence-electron chi connectivity index (χ1n) is 5.12. The summed E-state index contributed by atoms with van der Waals surface area (Å²) in [5.74, 6) is 5.05. The molecule has 1 heterocycles. The van der Waals surface area contributed by atoms with Gasteiger partial charge in [0.2, 0.25) is 5.95 Å². The Balaban J connectivity index is 1.96. The van der Waals surface area contributed by atoms with Crippen LogP contribution in [0.4, 0.5) is 16.2 Å². The third-order valence-electron chi connectivity index (χ3n) is 2.52. The molecule has 88 valence electrons. The second-order valence-corrected chi connectivity index (χ2v) is 3.82. The molecule has 1 aliphatic carbocycles. The summed E-state index contributed by atoms with van der Waals surface area (Å²) in [7, 11) is 0. The molecule has 2 rings (SSSR count). The van der Waals surface area contributed by atoms with E-state index in [9.17, 15) is 9.50 Å². The molecule has 1 saturated carbocycles. The molecule has 1 aliphatic rings. The highest BCUT2D eigenvalue weighted by molar-refractivity contribution is 5.40. The van der Waals surface area contributed by atoms with E-state index < -0.39 is 11.9 Å². The van der Waals surface area contributed by atoms with Crippen molar-refractivity contribution in [3.8, 4) is 0 Å². The van der Waals surface area contributed by atoms with Gasteiger partial charge in [-0.1, -0.05) is 0 Å². The fourth-order valence-corrected chi connectivity index (χ4v) is 1.41. The predicted octanol–water partition coefficient (Wildman–Crippen LogP) is 0.0841. The summed E-state index contributed by atoms with van der Waals surface area (Å²) < 4.78 is 13.2. The Morgan fingerprint density at radius 1 is 1.62 bits per heavy atom. The Kier molecular flexibility index (Phi) is 3.16. The van der Waals surface area contributed by atoms with E-state index in [2.05, 4.69) is 20.7 Å². The number of aromatic nitrogens is 2. The zero-order chi connectivity index (χ0) is 11.5. The fraction of sp³-hybridized carbons (Fsp3) is 0.556. The summed E-state index contributed by atoms with van der Waals surface area (Å²) in [5.41, 5.74) is 2.23. The second-order valence-electron chi connectivity index (χ2n) is 3.82. The molecule has 1 aromatic heterocycles. The summed E-state index contributed by atoms with van der Waals surface area (Å²) in [6.07, 6.45) is 2.63. The zero-order valence-electron chi connectivity index (χ0n) is 8.65. The number of aliphatic hydroxyl groups excluding tert-OH is 1. The van der Waals surface area contributed by atoms with E-state index in [0.717, 1.165) is 19.0 Å². The maximum atomic E-state index is 13.2. The van der Waals surface area contributed by atoms with Crippen LogP contribution in [-0.2, 0) is 0 Å². The van der Waals surface area contributed by atoms with E-state index in [1.807, 2.05) is 0 Å². The average molecular weight is 227 g/mol. The molecule has 0 amide bonds. The maximum absolute atomic E-state index is 13.2. The van der Waals surface area contributed by atoms with Gasteiger partial charge in [-0.15, -0.1) is 0 Å². The van der Waals surface area contributed by atoms with E-state index in [1.165, 1.54) is 0 Å². The summed E-state index contributed by atoms with van der Waals surface area (Å²) in [5, 5.41) is 12.3. The van der Waals surface area contributed by atoms with Crippen molar-refractivity contribution in [2.75, 3.05) is 17.3 Å². The van der Waals surface area contributed by atoms with Crippen LogP contribution in [0, 0.1) is 11.7 Å². The molecule has 0 aromatic carbocycles. The van der Waals surface area contributed by atoms with Gasteiger partial charge in [0.25, 0.3) is 0 Å². The molecule has 16 heavy (non-hydrogen) atoms. The number of nitrogens with two attached hydrogens (primary N) is 1. The molecule has 0 spiro atoms. The number of aliphatic hydroxyl groups is 1. The smallest absolute Gasteiger partial charge is 0.239 e. The van der Waals surface area contributed by atoms with E-state index in [4.69, 9.17) is 5.84 Å². The Morgan fingerprint density at radius 3 is 3.00 bits per heavy atom. The van der Waals surface area contributed by atoms with Gasteiger partial charge in [0.05, 0.1) is 12.3 Å². The van der Waals surface area contributed by atoms with Gasteiger partial charge in [-0.05, 0) is 18.8 Å². The second kappa shape index (κ2) is 4.58. The third-order valence-corrected chi connectivity index (χ3v) is 2.52. The number of hydrazine groups is 1. The molecule has 0 aliphatic heterocycles. The van der Waals surface area contributed by atoms with Crippen LogP contribution in [-0.4, -0.2) is 27.7 Å². The number of hydrogen-bond acceptors (Lipinski definition) is 6. The highest BCUT2D eigenvalue weighted by Crippen LogP contribution is 2.32. The Bertz CT molecular complexity index is 371. The standard InChI is InChI=1S/C9H14FN5O/c10-6-3-13-9(15-11)14-8(6)12-4-7(16)5-1-2-5/h3,5,7,16H,1-2,4,11H2,(H2,12,13,14,15). The molecular weight excluding hydrogens is 213 g/mol. The number of nitrogens with one attached hydrogen (secondary N) is 2. The quantitative estimate of drug-likeness (QED) is 0.420. The average Bonchev–Trinajstić information content (AvgIpc) is 3.11. The molecular formula is C9H14FN5O. The molecule has 5 N–H and O–H groups in total. The van der Waals surface area contributed by atoms with Gasteiger partial charge in [-0.2, -0.15) is 4.98 Å². The minimum absolute atomic E-state index is 0.0441. The summed E-state index contributed by atoms with van der Waals surface area (Å²) in [6, 6.07) is 0. The third kappa shape index (κ3) is 2.56. The van der Waals surface area contributed by atoms with Crippen LogP contribution < -0.4 is 16.6 Å². The van der Waals surface area contributed by atoms with E-state index in [0.29, 0.717) is 5.92 Å². The van der Waals surface area contributed by atoms with Crippen LogP contribution in [0.2, 0.25) is 0 Å². The molecule has 1 fully saturated rings. The number of rotatable bonds is 5. The number of nitrogen functional groups attached to an aromatic ring is 1. The van der Waals surface area contributed by atoms with Crippen molar-refractivity contribution in [3.05, 3.63) is 12.0 Å².